The molecule has 0 aliphatic heterocycles. The van der Waals surface area contributed by atoms with Crippen molar-refractivity contribution in [3.05, 3.63) is 29.8 Å². The van der Waals surface area contributed by atoms with Gasteiger partial charge in [0.05, 0.1) is 12.6 Å². The van der Waals surface area contributed by atoms with Crippen molar-refractivity contribution < 1.29 is 9.50 Å². The summed E-state index contributed by atoms with van der Waals surface area (Å²) in [4.78, 5) is 3.48. The quantitative estimate of drug-likeness (QED) is 0.648. The minimum absolute atomic E-state index is 0.140. The first-order chi connectivity index (χ1) is 5.79. The van der Waals surface area contributed by atoms with Gasteiger partial charge >= 0.3 is 0 Å². The van der Waals surface area contributed by atoms with E-state index in [-0.39, 0.29) is 12.6 Å². The van der Waals surface area contributed by atoms with E-state index in [1.165, 1.54) is 6.20 Å². The van der Waals surface area contributed by atoms with Crippen molar-refractivity contribution in [2.75, 3.05) is 13.7 Å². The minimum Gasteiger partial charge on any atom is -0.394 e. The number of pyridine rings is 1. The molecule has 1 aromatic heterocycles. The van der Waals surface area contributed by atoms with Crippen LogP contribution in [0.2, 0.25) is 0 Å². The van der Waals surface area contributed by atoms with Crippen LogP contribution in [0.3, 0.4) is 0 Å². The van der Waals surface area contributed by atoms with Crippen molar-refractivity contribution in [2.24, 2.45) is 0 Å². The Bertz CT molecular complexity index is 251. The Labute approximate surface area is 70.3 Å². The first-order valence-electron chi connectivity index (χ1n) is 3.68. The van der Waals surface area contributed by atoms with E-state index in [0.29, 0.717) is 5.56 Å². The lowest BCUT2D eigenvalue weighted by Gasteiger charge is -2.12. The highest BCUT2D eigenvalue weighted by molar-refractivity contribution is 5.15. The summed E-state index contributed by atoms with van der Waals surface area (Å²) in [5, 5.41) is 11.6. The molecule has 4 heteroatoms. The molecule has 0 amide bonds. The number of nitrogens with zero attached hydrogens (tertiary/aromatic N) is 1. The molecule has 0 aliphatic rings. The van der Waals surface area contributed by atoms with Crippen molar-refractivity contribution in [3.63, 3.8) is 0 Å². The predicted molar refractivity (Wildman–Crippen MR) is 43.1 cm³/mol. The van der Waals surface area contributed by atoms with Crippen LogP contribution in [-0.4, -0.2) is 23.7 Å². The van der Waals surface area contributed by atoms with Crippen LogP contribution in [0.4, 0.5) is 4.39 Å². The van der Waals surface area contributed by atoms with Gasteiger partial charge in [-0.05, 0) is 13.1 Å². The van der Waals surface area contributed by atoms with E-state index in [9.17, 15) is 4.39 Å². The van der Waals surface area contributed by atoms with Crippen LogP contribution in [0.5, 0.6) is 0 Å². The number of aliphatic hydroxyl groups is 1. The molecule has 66 valence electrons. The van der Waals surface area contributed by atoms with Crippen molar-refractivity contribution in [2.45, 2.75) is 6.04 Å². The van der Waals surface area contributed by atoms with Gasteiger partial charge in [-0.1, -0.05) is 6.07 Å². The molecule has 0 spiro atoms. The fourth-order valence-electron chi connectivity index (χ4n) is 1.00. The van der Waals surface area contributed by atoms with E-state index in [0.717, 1.165) is 0 Å². The van der Waals surface area contributed by atoms with E-state index in [1.54, 1.807) is 19.2 Å². The lowest BCUT2D eigenvalue weighted by atomic mass is 10.1. The van der Waals surface area contributed by atoms with Crippen LogP contribution < -0.4 is 5.32 Å². The smallest absolute Gasteiger partial charge is 0.217 e. The van der Waals surface area contributed by atoms with Gasteiger partial charge in [0.25, 0.3) is 0 Å². The zero-order valence-electron chi connectivity index (χ0n) is 6.79. The standard InChI is InChI=1S/C8H11FN2O/c1-10-7(5-12)6-3-2-4-11-8(6)9/h2-4,7,10,12H,5H2,1H3/t7-/m1/s1. The maximum Gasteiger partial charge on any atom is 0.217 e. The highest BCUT2D eigenvalue weighted by Gasteiger charge is 2.12. The lowest BCUT2D eigenvalue weighted by Crippen LogP contribution is -2.21. The molecule has 1 heterocycles. The maximum atomic E-state index is 13.0. The highest BCUT2D eigenvalue weighted by atomic mass is 19.1. The molecule has 12 heavy (non-hydrogen) atoms. The normalized spacial score (nSPS) is 12.9. The number of likely N-dealkylation sites (N-methyl/N-ethyl adjacent to an activating group) is 1. The van der Waals surface area contributed by atoms with Gasteiger partial charge < -0.3 is 10.4 Å². The van der Waals surface area contributed by atoms with Gasteiger partial charge in [-0.15, -0.1) is 0 Å². The van der Waals surface area contributed by atoms with Gasteiger partial charge in [-0.2, -0.15) is 4.39 Å². The summed E-state index contributed by atoms with van der Waals surface area (Å²) < 4.78 is 13.0. The highest BCUT2D eigenvalue weighted by Crippen LogP contribution is 2.13. The maximum absolute atomic E-state index is 13.0. The number of aromatic nitrogens is 1. The van der Waals surface area contributed by atoms with E-state index in [1.807, 2.05) is 0 Å². The second-order valence-corrected chi connectivity index (χ2v) is 2.41. The molecule has 0 aliphatic carbocycles. The Morgan fingerprint density at radius 3 is 3.00 bits per heavy atom. The summed E-state index contributed by atoms with van der Waals surface area (Å²) in [6, 6.07) is 2.86. The third-order valence-corrected chi connectivity index (χ3v) is 1.69. The number of rotatable bonds is 3. The van der Waals surface area contributed by atoms with Crippen molar-refractivity contribution >= 4 is 0 Å². The molecular weight excluding hydrogens is 159 g/mol. The Hall–Kier alpha value is -1.00. The van der Waals surface area contributed by atoms with Crippen LogP contribution in [0.15, 0.2) is 18.3 Å². The fraction of sp³-hybridized carbons (Fsp3) is 0.375. The van der Waals surface area contributed by atoms with Crippen LogP contribution in [0, 0.1) is 5.95 Å². The average molecular weight is 170 g/mol. The molecule has 0 fully saturated rings. The number of halogens is 1. The summed E-state index contributed by atoms with van der Waals surface area (Å²) in [6.07, 6.45) is 1.38. The first kappa shape index (κ1) is 9.09. The lowest BCUT2D eigenvalue weighted by molar-refractivity contribution is 0.247. The van der Waals surface area contributed by atoms with Crippen LogP contribution >= 0.6 is 0 Å². The molecule has 0 bridgehead atoms. The summed E-state index contributed by atoms with van der Waals surface area (Å²) >= 11 is 0. The van der Waals surface area contributed by atoms with Gasteiger partial charge in [-0.25, -0.2) is 4.98 Å². The van der Waals surface area contributed by atoms with Gasteiger partial charge in [0, 0.05) is 11.8 Å². The van der Waals surface area contributed by atoms with Crippen molar-refractivity contribution in [1.82, 2.24) is 10.3 Å². The average Bonchev–Trinajstić information content (AvgIpc) is 2.10. The second-order valence-electron chi connectivity index (χ2n) is 2.41. The van der Waals surface area contributed by atoms with Gasteiger partial charge in [0.1, 0.15) is 0 Å². The molecule has 1 rings (SSSR count). The molecule has 0 saturated carbocycles. The van der Waals surface area contributed by atoms with Gasteiger partial charge in [-0.3, -0.25) is 0 Å². The molecule has 0 saturated heterocycles. The van der Waals surface area contributed by atoms with Crippen molar-refractivity contribution in [1.29, 1.82) is 0 Å². The van der Waals surface area contributed by atoms with Crippen molar-refractivity contribution in [3.8, 4) is 0 Å². The first-order valence-corrected chi connectivity index (χ1v) is 3.68. The third-order valence-electron chi connectivity index (χ3n) is 1.69. The predicted octanol–water partition coefficient (Wildman–Crippen LogP) is 0.474. The molecular formula is C8H11FN2O. The van der Waals surface area contributed by atoms with Gasteiger partial charge in [0.2, 0.25) is 5.95 Å². The number of aliphatic hydroxyl groups excluding tert-OH is 1. The molecule has 0 unspecified atom stereocenters. The van der Waals surface area contributed by atoms with E-state index in [4.69, 9.17) is 5.11 Å². The minimum atomic E-state index is -0.536. The van der Waals surface area contributed by atoms with Crippen LogP contribution in [-0.2, 0) is 0 Å². The Morgan fingerprint density at radius 2 is 2.50 bits per heavy atom. The Balaban J connectivity index is 2.92. The van der Waals surface area contributed by atoms with E-state index in [2.05, 4.69) is 10.3 Å². The Kier molecular flexibility index (Phi) is 3.13. The zero-order valence-corrected chi connectivity index (χ0v) is 6.79. The number of hydrogen-bond donors (Lipinski definition) is 2. The number of nitrogens with one attached hydrogen (secondary N) is 1. The van der Waals surface area contributed by atoms with Gasteiger partial charge in [0.15, 0.2) is 0 Å². The Morgan fingerprint density at radius 1 is 1.75 bits per heavy atom. The molecule has 0 radical (unpaired) electrons. The SMILES string of the molecule is CN[C@H](CO)c1cccnc1F. The summed E-state index contributed by atoms with van der Waals surface area (Å²) in [5.74, 6) is -0.536. The summed E-state index contributed by atoms with van der Waals surface area (Å²) in [7, 11) is 1.66. The molecule has 1 aromatic rings. The van der Waals surface area contributed by atoms with Crippen LogP contribution in [0.1, 0.15) is 11.6 Å². The topological polar surface area (TPSA) is 45.1 Å². The largest absolute Gasteiger partial charge is 0.394 e. The monoisotopic (exact) mass is 170 g/mol. The molecule has 0 aromatic carbocycles. The molecule has 2 N–H and O–H groups in total. The van der Waals surface area contributed by atoms with E-state index < -0.39 is 5.95 Å². The van der Waals surface area contributed by atoms with Crippen LogP contribution in [0.25, 0.3) is 0 Å². The second kappa shape index (κ2) is 4.13. The zero-order chi connectivity index (χ0) is 8.97. The summed E-state index contributed by atoms with van der Waals surface area (Å²) in [5.41, 5.74) is 0.391. The molecule has 1 atom stereocenters. The summed E-state index contributed by atoms with van der Waals surface area (Å²) in [6.45, 7) is -0.140. The van der Waals surface area contributed by atoms with E-state index >= 15 is 0 Å². The molecule has 3 nitrogen and oxygen atoms in total. The third kappa shape index (κ3) is 1.78. The number of hydrogen-bond acceptors (Lipinski definition) is 3. The fourth-order valence-corrected chi connectivity index (χ4v) is 1.00.